The van der Waals surface area contributed by atoms with Gasteiger partial charge in [-0.2, -0.15) is 11.8 Å². The molecule has 1 fully saturated rings. The van der Waals surface area contributed by atoms with E-state index in [1.54, 1.807) is 0 Å². The Morgan fingerprint density at radius 2 is 1.16 bits per heavy atom. The van der Waals surface area contributed by atoms with Crippen molar-refractivity contribution >= 4 is 23.7 Å². The molecule has 0 saturated heterocycles. The number of carbonyl (C=O) groups excluding carboxylic acids is 2. The van der Waals surface area contributed by atoms with Gasteiger partial charge in [0.15, 0.2) is 0 Å². The van der Waals surface area contributed by atoms with E-state index in [1.807, 2.05) is 0 Å². The fourth-order valence-electron chi connectivity index (χ4n) is 8.49. The first kappa shape index (κ1) is 52.2. The van der Waals surface area contributed by atoms with Crippen molar-refractivity contribution in [2.24, 2.45) is 11.8 Å². The Bertz CT molecular complexity index is 873. The third-order valence-corrected chi connectivity index (χ3v) is 13.8. The largest absolute Gasteiger partial charge is 0.466 e. The first-order valence-corrected chi connectivity index (χ1v) is 25.2. The van der Waals surface area contributed by atoms with Crippen LogP contribution in [0.25, 0.3) is 0 Å². The molecular formula is C48H93NO5S. The summed E-state index contributed by atoms with van der Waals surface area (Å²) in [7, 11) is 2.31. The van der Waals surface area contributed by atoms with Gasteiger partial charge in [0.1, 0.15) is 6.10 Å². The Labute approximate surface area is 346 Å². The van der Waals surface area contributed by atoms with Gasteiger partial charge in [0.2, 0.25) is 0 Å². The number of rotatable bonds is 39. The number of thioether (sulfide) groups is 1. The van der Waals surface area contributed by atoms with Gasteiger partial charge in [0.05, 0.1) is 6.61 Å². The van der Waals surface area contributed by atoms with Crippen molar-refractivity contribution in [2.75, 3.05) is 32.6 Å². The highest BCUT2D eigenvalue weighted by Crippen LogP contribution is 2.34. The molecule has 1 aliphatic rings. The molecular weight excluding hydrogens is 703 g/mol. The van der Waals surface area contributed by atoms with E-state index in [2.05, 4.69) is 51.4 Å². The van der Waals surface area contributed by atoms with Gasteiger partial charge in [0, 0.05) is 30.7 Å². The van der Waals surface area contributed by atoms with Crippen LogP contribution in [0, 0.1) is 11.8 Å². The highest BCUT2D eigenvalue weighted by atomic mass is 32.2. The van der Waals surface area contributed by atoms with Crippen molar-refractivity contribution in [1.29, 1.82) is 0 Å². The van der Waals surface area contributed by atoms with Gasteiger partial charge < -0.3 is 19.5 Å². The van der Waals surface area contributed by atoms with Crippen molar-refractivity contribution in [1.82, 2.24) is 4.90 Å². The molecule has 0 aliphatic heterocycles. The zero-order chi connectivity index (χ0) is 40.2. The molecule has 1 rings (SSSR count). The topological polar surface area (TPSA) is 76.1 Å². The number of aliphatic hydroxyl groups excluding tert-OH is 1. The molecule has 1 N–H and O–H groups in total. The normalized spacial score (nSPS) is 17.7. The number of carbonyl (C=O) groups is 2. The number of hydrogen-bond acceptors (Lipinski definition) is 7. The standard InChI is InChI=1S/C48H93NO5S/c1-6-10-14-16-20-30-47(51)53-40-36-42(26-18-12-8-3)32-34-44(49(5)38-24-25-39-50)35-33-43(27-19-13-9-4)37-41-55-46-29-23-22-28-45(46)54-48(52)31-21-17-15-11-7-2/h42-46,50H,6-41H2,1-5H3/t42?,43?,44?,45-,46?/m1/s1. The zero-order valence-corrected chi connectivity index (χ0v) is 38.1. The molecule has 0 amide bonds. The summed E-state index contributed by atoms with van der Waals surface area (Å²) in [5.74, 6) is 2.53. The Kier molecular flexibility index (Phi) is 35.6. The van der Waals surface area contributed by atoms with Crippen molar-refractivity contribution in [3.8, 4) is 0 Å². The summed E-state index contributed by atoms with van der Waals surface area (Å²) in [6.07, 6.45) is 36.8. The van der Waals surface area contributed by atoms with Crippen LogP contribution in [0.5, 0.6) is 0 Å². The van der Waals surface area contributed by atoms with E-state index in [-0.39, 0.29) is 24.6 Å². The summed E-state index contributed by atoms with van der Waals surface area (Å²) in [5.41, 5.74) is 0. The maximum atomic E-state index is 12.7. The van der Waals surface area contributed by atoms with Crippen LogP contribution >= 0.6 is 11.8 Å². The number of unbranched alkanes of at least 4 members (excludes halogenated alkanes) is 13. The number of nitrogens with zero attached hydrogens (tertiary/aromatic N) is 1. The maximum Gasteiger partial charge on any atom is 0.306 e. The third kappa shape index (κ3) is 29.1. The van der Waals surface area contributed by atoms with Crippen molar-refractivity contribution in [3.63, 3.8) is 0 Å². The number of hydrogen-bond donors (Lipinski definition) is 1. The van der Waals surface area contributed by atoms with Crippen LogP contribution < -0.4 is 0 Å². The molecule has 55 heavy (non-hydrogen) atoms. The third-order valence-electron chi connectivity index (χ3n) is 12.3. The molecule has 0 bridgehead atoms. The lowest BCUT2D eigenvalue weighted by Crippen LogP contribution is -2.34. The number of ether oxygens (including phenoxy) is 2. The van der Waals surface area contributed by atoms with E-state index in [1.165, 1.54) is 147 Å². The van der Waals surface area contributed by atoms with E-state index >= 15 is 0 Å². The van der Waals surface area contributed by atoms with Crippen molar-refractivity contribution < 1.29 is 24.2 Å². The van der Waals surface area contributed by atoms with Crippen LogP contribution in [0.3, 0.4) is 0 Å². The predicted molar refractivity (Wildman–Crippen MR) is 238 cm³/mol. The van der Waals surface area contributed by atoms with Gasteiger partial charge in [-0.05, 0) is 115 Å². The molecule has 5 atom stereocenters. The van der Waals surface area contributed by atoms with Crippen LogP contribution in [0.15, 0.2) is 0 Å². The van der Waals surface area contributed by atoms with Crippen LogP contribution in [0.4, 0.5) is 0 Å². The van der Waals surface area contributed by atoms with Gasteiger partial charge in [0.25, 0.3) is 0 Å². The predicted octanol–water partition coefficient (Wildman–Crippen LogP) is 13.6. The molecule has 1 saturated carbocycles. The minimum absolute atomic E-state index is 0.00855. The summed E-state index contributed by atoms with van der Waals surface area (Å²) in [6.45, 7) is 10.9. The Balaban J connectivity index is 2.79. The highest BCUT2D eigenvalue weighted by Gasteiger charge is 2.29. The molecule has 1 aliphatic carbocycles. The molecule has 0 aromatic rings. The van der Waals surface area contributed by atoms with Gasteiger partial charge in [-0.1, -0.05) is 137 Å². The number of esters is 2. The summed E-state index contributed by atoms with van der Waals surface area (Å²) in [4.78, 5) is 27.8. The molecule has 0 radical (unpaired) electrons. The smallest absolute Gasteiger partial charge is 0.306 e. The van der Waals surface area contributed by atoms with Crippen molar-refractivity contribution in [3.05, 3.63) is 0 Å². The van der Waals surface area contributed by atoms with E-state index in [0.29, 0.717) is 36.7 Å². The first-order valence-electron chi connectivity index (χ1n) is 24.2. The quantitative estimate of drug-likeness (QED) is 0.0490. The fraction of sp³-hybridized carbons (Fsp3) is 0.958. The molecule has 0 aromatic heterocycles. The van der Waals surface area contributed by atoms with Gasteiger partial charge >= 0.3 is 11.9 Å². The van der Waals surface area contributed by atoms with Crippen LogP contribution in [0.2, 0.25) is 0 Å². The second-order valence-electron chi connectivity index (χ2n) is 17.3. The maximum absolute atomic E-state index is 12.7. The summed E-state index contributed by atoms with van der Waals surface area (Å²) >= 11 is 2.10. The minimum atomic E-state index is -0.00855. The first-order chi connectivity index (χ1) is 26.9. The monoisotopic (exact) mass is 796 g/mol. The van der Waals surface area contributed by atoms with Crippen LogP contribution in [-0.4, -0.2) is 71.9 Å². The van der Waals surface area contributed by atoms with E-state index in [0.717, 1.165) is 63.8 Å². The Morgan fingerprint density at radius 3 is 1.76 bits per heavy atom. The molecule has 326 valence electrons. The lowest BCUT2D eigenvalue weighted by molar-refractivity contribution is -0.150. The van der Waals surface area contributed by atoms with E-state index in [9.17, 15) is 14.7 Å². The average molecular weight is 796 g/mol. The molecule has 0 spiro atoms. The van der Waals surface area contributed by atoms with Gasteiger partial charge in [-0.15, -0.1) is 0 Å². The number of aliphatic hydroxyl groups is 1. The molecule has 4 unspecified atom stereocenters. The molecule has 7 heteroatoms. The summed E-state index contributed by atoms with van der Waals surface area (Å²) in [6, 6.07) is 0.545. The minimum Gasteiger partial charge on any atom is -0.466 e. The Hall–Kier alpha value is -0.790. The molecule has 6 nitrogen and oxygen atoms in total. The molecule has 0 aromatic carbocycles. The second-order valence-corrected chi connectivity index (χ2v) is 18.6. The van der Waals surface area contributed by atoms with Gasteiger partial charge in [-0.3, -0.25) is 9.59 Å². The van der Waals surface area contributed by atoms with Crippen molar-refractivity contribution in [2.45, 2.75) is 251 Å². The van der Waals surface area contributed by atoms with Gasteiger partial charge in [-0.25, -0.2) is 0 Å². The Morgan fingerprint density at radius 1 is 0.618 bits per heavy atom. The average Bonchev–Trinajstić information content (AvgIpc) is 3.18. The SMILES string of the molecule is CCCCCCCC(=O)OCCC(CCCCC)CCC(CCC(CCCCC)CCSC1CCCC[C@H]1OC(=O)CCCCCCC)N(C)CCCCO. The molecule has 0 heterocycles. The zero-order valence-electron chi connectivity index (χ0n) is 37.3. The van der Waals surface area contributed by atoms with E-state index in [4.69, 9.17) is 9.47 Å². The van der Waals surface area contributed by atoms with E-state index < -0.39 is 0 Å². The fourth-order valence-corrected chi connectivity index (χ4v) is 10.0. The van der Waals surface area contributed by atoms with Crippen LogP contribution in [0.1, 0.15) is 233 Å². The second kappa shape index (κ2) is 37.5. The summed E-state index contributed by atoms with van der Waals surface area (Å²) in [5, 5.41) is 9.95. The van der Waals surface area contributed by atoms with Crippen LogP contribution in [-0.2, 0) is 19.1 Å². The summed E-state index contributed by atoms with van der Waals surface area (Å²) < 4.78 is 11.9. The lowest BCUT2D eigenvalue weighted by Gasteiger charge is -2.32. The lowest BCUT2D eigenvalue weighted by atomic mass is 9.87. The highest BCUT2D eigenvalue weighted by molar-refractivity contribution is 7.99.